The number of benzene rings is 1. The molecule has 0 unspecified atom stereocenters. The van der Waals surface area contributed by atoms with Crippen LogP contribution >= 0.6 is 11.6 Å². The summed E-state index contributed by atoms with van der Waals surface area (Å²) in [6.07, 6.45) is 6.12. The molecule has 0 saturated heterocycles. The van der Waals surface area contributed by atoms with E-state index in [1.807, 2.05) is 24.0 Å². The van der Waals surface area contributed by atoms with E-state index >= 15 is 0 Å². The second-order valence-electron chi connectivity index (χ2n) is 5.40. The van der Waals surface area contributed by atoms with Crippen LogP contribution in [-0.4, -0.2) is 38.4 Å². The summed E-state index contributed by atoms with van der Waals surface area (Å²) < 4.78 is 1.89. The first-order valence-electron chi connectivity index (χ1n) is 7.66. The Hall–Kier alpha value is -2.44. The van der Waals surface area contributed by atoms with Gasteiger partial charge < -0.3 is 10.4 Å². The third kappa shape index (κ3) is 3.72. The number of aromatic nitrogens is 4. The van der Waals surface area contributed by atoms with Gasteiger partial charge in [0, 0.05) is 35.1 Å². The molecule has 124 valence electrons. The van der Waals surface area contributed by atoms with E-state index in [-0.39, 0.29) is 5.75 Å². The summed E-state index contributed by atoms with van der Waals surface area (Å²) in [5.74, 6) is 0.107. The van der Waals surface area contributed by atoms with Gasteiger partial charge in [0.1, 0.15) is 17.8 Å². The Morgan fingerprint density at radius 1 is 1.29 bits per heavy atom. The number of phenolic OH excluding ortho intramolecular Hbond substituents is 1. The summed E-state index contributed by atoms with van der Waals surface area (Å²) in [5.41, 5.74) is 3.14. The van der Waals surface area contributed by atoms with E-state index in [4.69, 9.17) is 11.6 Å². The zero-order valence-corrected chi connectivity index (χ0v) is 14.0. The second-order valence-corrected chi connectivity index (χ2v) is 5.84. The van der Waals surface area contributed by atoms with Crippen molar-refractivity contribution in [2.24, 2.45) is 0 Å². The number of hydrogen-bond donors (Lipinski definition) is 2. The number of hydrogen-bond acceptors (Lipinski definition) is 5. The number of nitrogens with one attached hydrogen (secondary N) is 1. The van der Waals surface area contributed by atoms with Gasteiger partial charge in [-0.2, -0.15) is 5.10 Å². The van der Waals surface area contributed by atoms with Crippen molar-refractivity contribution in [3.05, 3.63) is 48.0 Å². The molecule has 0 amide bonds. The van der Waals surface area contributed by atoms with Crippen molar-refractivity contribution in [2.75, 3.05) is 13.6 Å². The summed E-state index contributed by atoms with van der Waals surface area (Å²) in [6, 6.07) is 6.77. The summed E-state index contributed by atoms with van der Waals surface area (Å²) in [5, 5.41) is 18.1. The Morgan fingerprint density at radius 3 is 2.88 bits per heavy atom. The van der Waals surface area contributed by atoms with Crippen molar-refractivity contribution in [1.82, 2.24) is 25.1 Å². The van der Waals surface area contributed by atoms with E-state index in [2.05, 4.69) is 20.4 Å². The molecule has 2 heterocycles. The average molecular weight is 344 g/mol. The highest BCUT2D eigenvalue weighted by atomic mass is 35.5. The van der Waals surface area contributed by atoms with Crippen LogP contribution in [-0.2, 0) is 6.54 Å². The van der Waals surface area contributed by atoms with Gasteiger partial charge in [0.15, 0.2) is 0 Å². The Bertz CT molecular complexity index is 799. The van der Waals surface area contributed by atoms with Crippen molar-refractivity contribution in [1.29, 1.82) is 0 Å². The maximum Gasteiger partial charge on any atom is 0.117 e. The van der Waals surface area contributed by atoms with E-state index in [9.17, 15) is 5.11 Å². The van der Waals surface area contributed by atoms with Crippen LogP contribution in [0.3, 0.4) is 0 Å². The predicted molar refractivity (Wildman–Crippen MR) is 93.9 cm³/mol. The van der Waals surface area contributed by atoms with Gasteiger partial charge in [-0.3, -0.25) is 4.68 Å². The molecule has 0 saturated carbocycles. The first-order chi connectivity index (χ1) is 11.7. The number of aromatic hydroxyl groups is 1. The SMILES string of the molecule is CNCCCn1cc(-c2ccncn2)c(-c2cc(O)cc(Cl)c2)n1. The largest absolute Gasteiger partial charge is 0.508 e. The standard InChI is InChI=1S/C17H18ClN5O/c1-19-4-2-6-23-10-15(16-3-5-20-11-21-16)17(22-23)12-7-13(18)9-14(24)8-12/h3,5,7-11,19,24H,2,4,6H2,1H3. The third-order valence-corrected chi connectivity index (χ3v) is 3.81. The number of aryl methyl sites for hydroxylation is 1. The van der Waals surface area contributed by atoms with Crippen LogP contribution < -0.4 is 5.32 Å². The van der Waals surface area contributed by atoms with Gasteiger partial charge in [-0.25, -0.2) is 9.97 Å². The van der Waals surface area contributed by atoms with Crippen molar-refractivity contribution in [3.63, 3.8) is 0 Å². The lowest BCUT2D eigenvalue weighted by Gasteiger charge is -2.04. The fourth-order valence-corrected chi connectivity index (χ4v) is 2.74. The zero-order chi connectivity index (χ0) is 16.9. The summed E-state index contributed by atoms with van der Waals surface area (Å²) in [6.45, 7) is 1.70. The monoisotopic (exact) mass is 343 g/mol. The van der Waals surface area contributed by atoms with E-state index in [1.165, 1.54) is 12.4 Å². The minimum Gasteiger partial charge on any atom is -0.508 e. The topological polar surface area (TPSA) is 75.9 Å². The molecule has 6 nitrogen and oxygen atoms in total. The molecular formula is C17H18ClN5O. The van der Waals surface area contributed by atoms with Crippen molar-refractivity contribution in [3.8, 4) is 28.3 Å². The molecule has 2 N–H and O–H groups in total. The molecule has 24 heavy (non-hydrogen) atoms. The van der Waals surface area contributed by atoms with Crippen LogP contribution in [0.25, 0.3) is 22.5 Å². The molecule has 0 radical (unpaired) electrons. The molecule has 7 heteroatoms. The highest BCUT2D eigenvalue weighted by molar-refractivity contribution is 6.31. The summed E-state index contributed by atoms with van der Waals surface area (Å²) in [7, 11) is 1.93. The van der Waals surface area contributed by atoms with Crippen molar-refractivity contribution in [2.45, 2.75) is 13.0 Å². The fourth-order valence-electron chi connectivity index (χ4n) is 2.52. The van der Waals surface area contributed by atoms with Gasteiger partial charge in [-0.1, -0.05) is 11.6 Å². The molecular weight excluding hydrogens is 326 g/mol. The van der Waals surface area contributed by atoms with Crippen LogP contribution in [0.15, 0.2) is 43.0 Å². The van der Waals surface area contributed by atoms with E-state index < -0.39 is 0 Å². The number of phenols is 1. The molecule has 0 spiro atoms. The quantitative estimate of drug-likeness (QED) is 0.673. The van der Waals surface area contributed by atoms with Crippen LogP contribution in [0.5, 0.6) is 5.75 Å². The molecule has 0 bridgehead atoms. The molecule has 2 aromatic heterocycles. The Kier molecular flexibility index (Phi) is 5.08. The predicted octanol–water partition coefficient (Wildman–Crippen LogP) is 2.98. The normalized spacial score (nSPS) is 10.9. The maximum absolute atomic E-state index is 9.84. The first kappa shape index (κ1) is 16.4. The first-order valence-corrected chi connectivity index (χ1v) is 8.03. The lowest BCUT2D eigenvalue weighted by atomic mass is 10.1. The Balaban J connectivity index is 2.05. The zero-order valence-electron chi connectivity index (χ0n) is 13.3. The smallest absolute Gasteiger partial charge is 0.117 e. The maximum atomic E-state index is 9.84. The number of halogens is 1. The third-order valence-electron chi connectivity index (χ3n) is 3.59. The van der Waals surface area contributed by atoms with E-state index in [1.54, 1.807) is 18.3 Å². The van der Waals surface area contributed by atoms with Crippen molar-refractivity contribution >= 4 is 11.6 Å². The minimum atomic E-state index is 0.107. The van der Waals surface area contributed by atoms with Crippen molar-refractivity contribution < 1.29 is 5.11 Å². The molecule has 0 aliphatic rings. The Labute approximate surface area is 145 Å². The van der Waals surface area contributed by atoms with E-state index in [0.717, 1.165) is 42.0 Å². The highest BCUT2D eigenvalue weighted by Crippen LogP contribution is 2.33. The molecule has 0 atom stereocenters. The molecule has 3 aromatic rings. The van der Waals surface area contributed by atoms with Crippen LogP contribution in [0.2, 0.25) is 5.02 Å². The van der Waals surface area contributed by atoms with Crippen LogP contribution in [0.4, 0.5) is 0 Å². The van der Waals surface area contributed by atoms with E-state index in [0.29, 0.717) is 5.02 Å². The summed E-state index contributed by atoms with van der Waals surface area (Å²) in [4.78, 5) is 8.28. The van der Waals surface area contributed by atoms with Gasteiger partial charge in [-0.05, 0) is 44.3 Å². The van der Waals surface area contributed by atoms with Gasteiger partial charge >= 0.3 is 0 Å². The lowest BCUT2D eigenvalue weighted by molar-refractivity contribution is 0.475. The van der Waals surface area contributed by atoms with Gasteiger partial charge in [0.2, 0.25) is 0 Å². The highest BCUT2D eigenvalue weighted by Gasteiger charge is 2.15. The van der Waals surface area contributed by atoms with Gasteiger partial charge in [0.05, 0.1) is 5.69 Å². The summed E-state index contributed by atoms with van der Waals surface area (Å²) >= 11 is 6.08. The molecule has 0 aliphatic carbocycles. The molecule has 0 aliphatic heterocycles. The molecule has 0 fully saturated rings. The van der Waals surface area contributed by atoms with Crippen LogP contribution in [0, 0.1) is 0 Å². The minimum absolute atomic E-state index is 0.107. The molecule has 3 rings (SSSR count). The van der Waals surface area contributed by atoms with Gasteiger partial charge in [0.25, 0.3) is 0 Å². The molecule has 1 aromatic carbocycles. The lowest BCUT2D eigenvalue weighted by Crippen LogP contribution is -2.11. The number of nitrogens with zero attached hydrogens (tertiary/aromatic N) is 4. The fraction of sp³-hybridized carbons (Fsp3) is 0.235. The van der Waals surface area contributed by atoms with Gasteiger partial charge in [-0.15, -0.1) is 0 Å². The van der Waals surface area contributed by atoms with Crippen LogP contribution in [0.1, 0.15) is 6.42 Å². The number of rotatable bonds is 6. The Morgan fingerprint density at radius 2 is 2.17 bits per heavy atom. The average Bonchev–Trinajstić information content (AvgIpc) is 2.99. The second kappa shape index (κ2) is 7.42.